The second-order valence-corrected chi connectivity index (χ2v) is 5.13. The van der Waals surface area contributed by atoms with Gasteiger partial charge in [-0.05, 0) is 24.5 Å². The lowest BCUT2D eigenvalue weighted by atomic mass is 9.95. The van der Waals surface area contributed by atoms with Gasteiger partial charge in [-0.3, -0.25) is 0 Å². The quantitative estimate of drug-likeness (QED) is 0.849. The highest BCUT2D eigenvalue weighted by molar-refractivity contribution is 6.31. The highest BCUT2D eigenvalue weighted by Crippen LogP contribution is 2.30. The number of aliphatic hydroxyl groups excluding tert-OH is 1. The zero-order chi connectivity index (χ0) is 12.4. The van der Waals surface area contributed by atoms with Crippen molar-refractivity contribution < 1.29 is 5.11 Å². The zero-order valence-electron chi connectivity index (χ0n) is 10.1. The summed E-state index contributed by atoms with van der Waals surface area (Å²) in [7, 11) is 0. The van der Waals surface area contributed by atoms with Crippen molar-refractivity contribution in [3.63, 3.8) is 0 Å². The van der Waals surface area contributed by atoms with Crippen LogP contribution >= 0.6 is 11.6 Å². The van der Waals surface area contributed by atoms with Crippen LogP contribution in [0.15, 0.2) is 18.2 Å². The predicted octanol–water partition coefficient (Wildman–Crippen LogP) is 2.01. The van der Waals surface area contributed by atoms with Crippen LogP contribution in [0.4, 0.5) is 5.69 Å². The van der Waals surface area contributed by atoms with Gasteiger partial charge >= 0.3 is 0 Å². The molecule has 0 amide bonds. The van der Waals surface area contributed by atoms with Crippen molar-refractivity contribution in [1.29, 1.82) is 0 Å². The van der Waals surface area contributed by atoms with Crippen molar-refractivity contribution >= 4 is 17.3 Å². The predicted molar refractivity (Wildman–Crippen MR) is 71.3 cm³/mol. The molecule has 17 heavy (non-hydrogen) atoms. The van der Waals surface area contributed by atoms with Crippen LogP contribution in [0.25, 0.3) is 0 Å². The molecular weight excluding hydrogens is 236 g/mol. The lowest BCUT2D eigenvalue weighted by molar-refractivity contribution is 0.0970. The third kappa shape index (κ3) is 2.57. The van der Waals surface area contributed by atoms with E-state index in [4.69, 9.17) is 17.3 Å². The van der Waals surface area contributed by atoms with E-state index in [0.29, 0.717) is 6.54 Å². The normalized spacial score (nSPS) is 25.1. The largest absolute Gasteiger partial charge is 0.393 e. The number of benzene rings is 1. The van der Waals surface area contributed by atoms with Crippen molar-refractivity contribution in [3.05, 3.63) is 28.8 Å². The molecule has 0 aromatic heterocycles. The van der Waals surface area contributed by atoms with Gasteiger partial charge in [0.2, 0.25) is 0 Å². The first-order valence-electron chi connectivity index (χ1n) is 6.04. The van der Waals surface area contributed by atoms with Crippen LogP contribution < -0.4 is 10.6 Å². The van der Waals surface area contributed by atoms with Crippen LogP contribution in [0, 0.1) is 5.92 Å². The minimum atomic E-state index is -0.188. The molecule has 94 valence electrons. The molecule has 2 unspecified atom stereocenters. The molecule has 0 spiro atoms. The Hall–Kier alpha value is -0.770. The average Bonchev–Trinajstić information content (AvgIpc) is 2.32. The van der Waals surface area contributed by atoms with Crippen LogP contribution in [-0.2, 0) is 6.54 Å². The van der Waals surface area contributed by atoms with E-state index in [1.807, 2.05) is 12.1 Å². The van der Waals surface area contributed by atoms with E-state index >= 15 is 0 Å². The molecule has 4 heteroatoms. The summed E-state index contributed by atoms with van der Waals surface area (Å²) < 4.78 is 0. The number of rotatable bonds is 2. The van der Waals surface area contributed by atoms with Gasteiger partial charge in [-0.25, -0.2) is 0 Å². The maximum absolute atomic E-state index is 9.75. The number of halogens is 1. The monoisotopic (exact) mass is 254 g/mol. The Morgan fingerprint density at radius 2 is 2.29 bits per heavy atom. The van der Waals surface area contributed by atoms with Crippen molar-refractivity contribution in [3.8, 4) is 0 Å². The molecule has 3 nitrogen and oxygen atoms in total. The summed E-state index contributed by atoms with van der Waals surface area (Å²) in [6.45, 7) is 4.24. The molecular formula is C13H19ClN2O. The summed E-state index contributed by atoms with van der Waals surface area (Å²) in [6, 6.07) is 5.88. The van der Waals surface area contributed by atoms with Gasteiger partial charge in [-0.1, -0.05) is 24.6 Å². The van der Waals surface area contributed by atoms with Crippen molar-refractivity contribution in [2.45, 2.75) is 26.0 Å². The van der Waals surface area contributed by atoms with Crippen molar-refractivity contribution in [2.75, 3.05) is 18.0 Å². The second-order valence-electron chi connectivity index (χ2n) is 4.72. The second kappa shape index (κ2) is 5.25. The number of piperidine rings is 1. The first-order chi connectivity index (χ1) is 8.13. The molecule has 1 fully saturated rings. The maximum Gasteiger partial charge on any atom is 0.0599 e. The Balaban J connectivity index is 2.25. The Bertz CT molecular complexity index is 397. The number of anilines is 1. The lowest BCUT2D eigenvalue weighted by Crippen LogP contribution is -2.42. The number of nitrogens with two attached hydrogens (primary N) is 1. The third-order valence-electron chi connectivity index (χ3n) is 3.50. The highest BCUT2D eigenvalue weighted by Gasteiger charge is 2.25. The summed E-state index contributed by atoms with van der Waals surface area (Å²) >= 11 is 6.16. The van der Waals surface area contributed by atoms with Crippen LogP contribution in [-0.4, -0.2) is 24.3 Å². The van der Waals surface area contributed by atoms with Gasteiger partial charge in [-0.15, -0.1) is 0 Å². The number of hydrogen-bond acceptors (Lipinski definition) is 3. The molecule has 0 radical (unpaired) electrons. The minimum absolute atomic E-state index is 0.188. The third-order valence-corrected chi connectivity index (χ3v) is 3.85. The summed E-state index contributed by atoms with van der Waals surface area (Å²) in [6.07, 6.45) is 0.615. The Labute approximate surface area is 107 Å². The summed E-state index contributed by atoms with van der Waals surface area (Å²) in [4.78, 5) is 2.27. The summed E-state index contributed by atoms with van der Waals surface area (Å²) in [5.41, 5.74) is 7.87. The fourth-order valence-corrected chi connectivity index (χ4v) is 2.64. The zero-order valence-corrected chi connectivity index (χ0v) is 10.8. The molecule has 1 aliphatic rings. The lowest BCUT2D eigenvalue weighted by Gasteiger charge is -2.37. The van der Waals surface area contributed by atoms with Gasteiger partial charge < -0.3 is 15.7 Å². The summed E-state index contributed by atoms with van der Waals surface area (Å²) in [5, 5.41) is 10.5. The Morgan fingerprint density at radius 3 is 2.94 bits per heavy atom. The standard InChI is InChI=1S/C13H19ClN2O/c1-9-8-16(6-5-13(9)17)12-4-2-3-11(14)10(12)7-15/h2-4,9,13,17H,5-8,15H2,1H3. The summed E-state index contributed by atoms with van der Waals surface area (Å²) in [5.74, 6) is 0.286. The van der Waals surface area contributed by atoms with E-state index in [1.165, 1.54) is 0 Å². The maximum atomic E-state index is 9.75. The van der Waals surface area contributed by atoms with E-state index in [9.17, 15) is 5.11 Å². The van der Waals surface area contributed by atoms with Crippen LogP contribution in [0.5, 0.6) is 0 Å². The van der Waals surface area contributed by atoms with E-state index in [-0.39, 0.29) is 12.0 Å². The van der Waals surface area contributed by atoms with Crippen molar-refractivity contribution in [1.82, 2.24) is 0 Å². The van der Waals surface area contributed by atoms with E-state index < -0.39 is 0 Å². The molecule has 1 saturated heterocycles. The van der Waals surface area contributed by atoms with Crippen LogP contribution in [0.1, 0.15) is 18.9 Å². The number of nitrogens with zero attached hydrogens (tertiary/aromatic N) is 1. The van der Waals surface area contributed by atoms with Gasteiger partial charge in [0.25, 0.3) is 0 Å². The molecule has 0 saturated carbocycles. The van der Waals surface area contributed by atoms with Crippen LogP contribution in [0.3, 0.4) is 0 Å². The first kappa shape index (κ1) is 12.7. The van der Waals surface area contributed by atoms with Gasteiger partial charge in [0.1, 0.15) is 0 Å². The smallest absolute Gasteiger partial charge is 0.0599 e. The number of aliphatic hydroxyl groups is 1. The molecule has 1 heterocycles. The Kier molecular flexibility index (Phi) is 3.92. The average molecular weight is 255 g/mol. The van der Waals surface area contributed by atoms with Gasteiger partial charge in [0.15, 0.2) is 0 Å². The van der Waals surface area contributed by atoms with Gasteiger partial charge in [0, 0.05) is 35.9 Å². The minimum Gasteiger partial charge on any atom is -0.393 e. The molecule has 2 atom stereocenters. The Morgan fingerprint density at radius 1 is 1.53 bits per heavy atom. The molecule has 0 aliphatic carbocycles. The molecule has 1 aliphatic heterocycles. The molecule has 1 aromatic rings. The molecule has 0 bridgehead atoms. The molecule has 2 rings (SSSR count). The molecule has 3 N–H and O–H groups in total. The van der Waals surface area contributed by atoms with Gasteiger partial charge in [-0.2, -0.15) is 0 Å². The van der Waals surface area contributed by atoms with E-state index in [2.05, 4.69) is 17.9 Å². The first-order valence-corrected chi connectivity index (χ1v) is 6.41. The van der Waals surface area contributed by atoms with Crippen molar-refractivity contribution in [2.24, 2.45) is 11.7 Å². The SMILES string of the molecule is CC1CN(c2cccc(Cl)c2CN)CCC1O. The van der Waals surface area contributed by atoms with Crippen LogP contribution in [0.2, 0.25) is 5.02 Å². The fraction of sp³-hybridized carbons (Fsp3) is 0.538. The van der Waals surface area contributed by atoms with E-state index in [1.54, 1.807) is 0 Å². The topological polar surface area (TPSA) is 49.5 Å². The van der Waals surface area contributed by atoms with Gasteiger partial charge in [0.05, 0.1) is 6.10 Å². The fourth-order valence-electron chi connectivity index (χ4n) is 2.40. The van der Waals surface area contributed by atoms with E-state index in [0.717, 1.165) is 35.8 Å². The highest BCUT2D eigenvalue weighted by atomic mass is 35.5. The number of hydrogen-bond donors (Lipinski definition) is 2. The molecule has 1 aromatic carbocycles.